The minimum atomic E-state index is -2.49. The zero-order valence-corrected chi connectivity index (χ0v) is 16.4. The largest absolute Gasteiger partial charge is 0.407 e. The van der Waals surface area contributed by atoms with Crippen LogP contribution in [0.15, 0.2) is 72.8 Å². The summed E-state index contributed by atoms with van der Waals surface area (Å²) < 4.78 is 6.86. The second kappa shape index (κ2) is 7.28. The summed E-state index contributed by atoms with van der Waals surface area (Å²) in [4.78, 5) is 0. The fourth-order valence-corrected chi connectivity index (χ4v) is 8.47. The first-order chi connectivity index (χ1) is 11.9. The van der Waals surface area contributed by atoms with Crippen molar-refractivity contribution in [3.05, 3.63) is 72.8 Å². The predicted octanol–water partition coefficient (Wildman–Crippen LogP) is 3.50. The average molecular weight is 353 g/mol. The highest BCUT2D eigenvalue weighted by Gasteiger charge is 2.50. The summed E-state index contributed by atoms with van der Waals surface area (Å²) in [6, 6.07) is 21.3. The lowest BCUT2D eigenvalue weighted by Crippen LogP contribution is -2.67. The Morgan fingerprint density at radius 1 is 0.960 bits per heavy atom. The third kappa shape index (κ3) is 3.50. The van der Waals surface area contributed by atoms with Crippen LogP contribution < -0.4 is 10.4 Å². The van der Waals surface area contributed by atoms with Gasteiger partial charge >= 0.3 is 0 Å². The molecule has 0 aromatic heterocycles. The van der Waals surface area contributed by atoms with E-state index in [2.05, 4.69) is 87.5 Å². The highest BCUT2D eigenvalue weighted by molar-refractivity contribution is 6.99. The zero-order valence-electron chi connectivity index (χ0n) is 15.4. The maximum absolute atomic E-state index is 10.2. The van der Waals surface area contributed by atoms with Gasteiger partial charge in [0.15, 0.2) is 0 Å². The molecule has 1 aliphatic rings. The minimum Gasteiger partial charge on any atom is -0.407 e. The molecule has 2 aromatic rings. The smallest absolute Gasteiger partial charge is 0.261 e. The first-order valence-corrected chi connectivity index (χ1v) is 11.0. The third-order valence-electron chi connectivity index (χ3n) is 5.19. The number of aliphatic hydroxyl groups is 1. The van der Waals surface area contributed by atoms with Gasteiger partial charge in [-0.15, -0.1) is 0 Å². The molecule has 2 aromatic carbocycles. The number of aliphatic hydroxyl groups excluding tert-OH is 1. The first-order valence-electron chi connectivity index (χ1n) is 9.05. The molecule has 1 N–H and O–H groups in total. The van der Waals surface area contributed by atoms with Crippen molar-refractivity contribution in [2.24, 2.45) is 5.92 Å². The minimum absolute atomic E-state index is 0.0211. The van der Waals surface area contributed by atoms with E-state index in [1.165, 1.54) is 10.4 Å². The molecule has 0 heterocycles. The Balaban J connectivity index is 2.05. The highest BCUT2D eigenvalue weighted by atomic mass is 28.4. The van der Waals surface area contributed by atoms with Crippen molar-refractivity contribution in [1.29, 1.82) is 0 Å². The van der Waals surface area contributed by atoms with Gasteiger partial charge in [-0.3, -0.25) is 0 Å². The Morgan fingerprint density at radius 2 is 1.48 bits per heavy atom. The lowest BCUT2D eigenvalue weighted by Gasteiger charge is -2.43. The van der Waals surface area contributed by atoms with Crippen LogP contribution in [0.3, 0.4) is 0 Å². The van der Waals surface area contributed by atoms with Gasteiger partial charge in [-0.1, -0.05) is 93.6 Å². The van der Waals surface area contributed by atoms with Crippen molar-refractivity contribution < 1.29 is 9.53 Å². The number of benzene rings is 2. The van der Waals surface area contributed by atoms with Crippen LogP contribution in [-0.4, -0.2) is 26.1 Å². The van der Waals surface area contributed by atoms with Crippen LogP contribution in [0.1, 0.15) is 27.2 Å². The van der Waals surface area contributed by atoms with Gasteiger partial charge in [0.05, 0.1) is 6.10 Å². The first kappa shape index (κ1) is 18.1. The van der Waals surface area contributed by atoms with E-state index in [9.17, 15) is 5.11 Å². The molecule has 0 saturated heterocycles. The van der Waals surface area contributed by atoms with Gasteiger partial charge < -0.3 is 9.53 Å². The Hall–Kier alpha value is -1.68. The average Bonchev–Trinajstić information content (AvgIpc) is 3.01. The Labute approximate surface area is 152 Å². The van der Waals surface area contributed by atoms with Gasteiger partial charge in [0.1, 0.15) is 0 Å². The second-order valence-corrected chi connectivity index (χ2v) is 12.2. The maximum atomic E-state index is 10.2. The van der Waals surface area contributed by atoms with Crippen LogP contribution in [-0.2, 0) is 4.43 Å². The van der Waals surface area contributed by atoms with Gasteiger partial charge in [0, 0.05) is 12.5 Å². The molecule has 2 atom stereocenters. The number of allylic oxidation sites excluding steroid dienone is 1. The van der Waals surface area contributed by atoms with Crippen molar-refractivity contribution in [1.82, 2.24) is 0 Å². The van der Waals surface area contributed by atoms with Crippen molar-refractivity contribution in [2.45, 2.75) is 38.3 Å². The Bertz CT molecular complexity index is 664. The van der Waals surface area contributed by atoms with E-state index in [-0.39, 0.29) is 11.0 Å². The van der Waals surface area contributed by atoms with Crippen LogP contribution in [0.2, 0.25) is 5.04 Å². The lowest BCUT2D eigenvalue weighted by molar-refractivity contribution is 0.117. The molecule has 0 unspecified atom stereocenters. The molecule has 0 bridgehead atoms. The summed E-state index contributed by atoms with van der Waals surface area (Å²) >= 11 is 0. The summed E-state index contributed by atoms with van der Waals surface area (Å²) in [5.41, 5.74) is 0. The van der Waals surface area contributed by atoms with E-state index < -0.39 is 14.4 Å². The standard InChI is InChI=1S/C22H28O2Si/c1-22(2,3)25(19-12-6-4-7-13-19,20-14-8-5-9-15-20)24-17-18-11-10-16-21(18)23/h4-10,12-16,18,21,23H,11,17H2,1-3H3/t18-,21-/m0/s1. The fourth-order valence-electron chi connectivity index (χ4n) is 3.85. The molecule has 0 saturated carbocycles. The summed E-state index contributed by atoms with van der Waals surface area (Å²) in [6.45, 7) is 7.43. The monoisotopic (exact) mass is 352 g/mol. The molecule has 25 heavy (non-hydrogen) atoms. The Kier molecular flexibility index (Phi) is 5.28. The van der Waals surface area contributed by atoms with Crippen LogP contribution in [0, 0.1) is 5.92 Å². The van der Waals surface area contributed by atoms with Gasteiger partial charge in [0.25, 0.3) is 8.32 Å². The molecule has 0 spiro atoms. The zero-order chi connectivity index (χ0) is 17.9. The molecule has 3 heteroatoms. The quantitative estimate of drug-likeness (QED) is 0.659. The van der Waals surface area contributed by atoms with Gasteiger partial charge in [-0.2, -0.15) is 0 Å². The van der Waals surface area contributed by atoms with E-state index >= 15 is 0 Å². The van der Waals surface area contributed by atoms with E-state index in [4.69, 9.17) is 4.43 Å². The topological polar surface area (TPSA) is 29.5 Å². The number of hydrogen-bond donors (Lipinski definition) is 1. The van der Waals surface area contributed by atoms with E-state index in [0.717, 1.165) is 6.42 Å². The second-order valence-electron chi connectivity index (χ2n) is 7.89. The Morgan fingerprint density at radius 3 is 1.88 bits per heavy atom. The summed E-state index contributed by atoms with van der Waals surface area (Å²) in [5.74, 6) is 0.154. The highest BCUT2D eigenvalue weighted by Crippen LogP contribution is 2.37. The van der Waals surface area contributed by atoms with Crippen LogP contribution >= 0.6 is 0 Å². The summed E-state index contributed by atoms with van der Waals surface area (Å²) in [6.07, 6.45) is 4.45. The van der Waals surface area contributed by atoms with Crippen molar-refractivity contribution in [2.75, 3.05) is 6.61 Å². The van der Waals surface area contributed by atoms with Crippen molar-refractivity contribution in [3.63, 3.8) is 0 Å². The molecular formula is C22H28O2Si. The maximum Gasteiger partial charge on any atom is 0.261 e. The molecule has 1 aliphatic carbocycles. The van der Waals surface area contributed by atoms with Gasteiger partial charge in [-0.05, 0) is 21.8 Å². The SMILES string of the molecule is CC(C)(C)[Si](OC[C@@H]1CC=C[C@@H]1O)(c1ccccc1)c1ccccc1. The molecule has 0 amide bonds. The molecule has 3 rings (SSSR count). The van der Waals surface area contributed by atoms with Gasteiger partial charge in [-0.25, -0.2) is 0 Å². The third-order valence-corrected chi connectivity index (χ3v) is 10.2. The molecule has 0 fully saturated rings. The van der Waals surface area contributed by atoms with Crippen LogP contribution in [0.4, 0.5) is 0 Å². The molecule has 0 radical (unpaired) electrons. The van der Waals surface area contributed by atoms with E-state index in [1.54, 1.807) is 0 Å². The van der Waals surface area contributed by atoms with E-state index in [1.807, 2.05) is 6.08 Å². The molecular weight excluding hydrogens is 324 g/mol. The lowest BCUT2D eigenvalue weighted by atomic mass is 10.1. The molecule has 2 nitrogen and oxygen atoms in total. The predicted molar refractivity (Wildman–Crippen MR) is 107 cm³/mol. The summed E-state index contributed by atoms with van der Waals surface area (Å²) in [5, 5.41) is 12.7. The van der Waals surface area contributed by atoms with Crippen LogP contribution in [0.25, 0.3) is 0 Å². The number of rotatable bonds is 5. The number of hydrogen-bond acceptors (Lipinski definition) is 2. The van der Waals surface area contributed by atoms with Crippen molar-refractivity contribution >= 4 is 18.7 Å². The summed E-state index contributed by atoms with van der Waals surface area (Å²) in [7, 11) is -2.49. The molecule has 132 valence electrons. The van der Waals surface area contributed by atoms with Gasteiger partial charge in [0.2, 0.25) is 0 Å². The normalized spacial score (nSPS) is 20.8. The molecule has 0 aliphatic heterocycles. The van der Waals surface area contributed by atoms with E-state index in [0.29, 0.717) is 6.61 Å². The van der Waals surface area contributed by atoms with Crippen LogP contribution in [0.5, 0.6) is 0 Å². The fraction of sp³-hybridized carbons (Fsp3) is 0.364. The van der Waals surface area contributed by atoms with Crippen molar-refractivity contribution in [3.8, 4) is 0 Å².